The number of hydrogen-bond donors (Lipinski definition) is 1. The van der Waals surface area contributed by atoms with Crippen LogP contribution in [0.1, 0.15) is 49.1 Å². The molecule has 0 aromatic carbocycles. The third kappa shape index (κ3) is 3.20. The van der Waals surface area contributed by atoms with Crippen molar-refractivity contribution in [2.75, 3.05) is 0 Å². The van der Waals surface area contributed by atoms with Crippen molar-refractivity contribution in [2.45, 2.75) is 49.7 Å². The van der Waals surface area contributed by atoms with Gasteiger partial charge in [0.15, 0.2) is 12.0 Å². The summed E-state index contributed by atoms with van der Waals surface area (Å²) in [5.41, 5.74) is 0. The van der Waals surface area contributed by atoms with Crippen LogP contribution in [0.5, 0.6) is 0 Å². The zero-order chi connectivity index (χ0) is 13.0. The van der Waals surface area contributed by atoms with Crippen molar-refractivity contribution in [3.8, 4) is 0 Å². The van der Waals surface area contributed by atoms with Gasteiger partial charge in [-0.05, 0) is 25.0 Å². The van der Waals surface area contributed by atoms with Crippen molar-refractivity contribution < 1.29 is 17.6 Å². The molecule has 0 spiro atoms. The van der Waals surface area contributed by atoms with Gasteiger partial charge in [0.2, 0.25) is 5.09 Å². The Hall–Kier alpha value is -1.14. The van der Waals surface area contributed by atoms with E-state index in [2.05, 4.69) is 4.72 Å². The molecule has 0 aliphatic heterocycles. The number of furan rings is 1. The molecule has 1 N–H and O–H groups in total. The van der Waals surface area contributed by atoms with Crippen molar-refractivity contribution >= 4 is 16.3 Å². The Kier molecular flexibility index (Phi) is 4.19. The van der Waals surface area contributed by atoms with Crippen LogP contribution in [0.15, 0.2) is 21.6 Å². The molecule has 1 aliphatic carbocycles. The van der Waals surface area contributed by atoms with Crippen molar-refractivity contribution in [3.63, 3.8) is 0 Å². The number of hydrogen-bond acceptors (Lipinski definition) is 4. The zero-order valence-corrected chi connectivity index (χ0v) is 10.9. The fourth-order valence-electron chi connectivity index (χ4n) is 2.22. The van der Waals surface area contributed by atoms with Crippen molar-refractivity contribution in [3.05, 3.63) is 17.9 Å². The van der Waals surface area contributed by atoms with Crippen LogP contribution in [-0.2, 0) is 10.0 Å². The molecule has 1 saturated carbocycles. The van der Waals surface area contributed by atoms with E-state index in [1.54, 1.807) is 0 Å². The van der Waals surface area contributed by atoms with Crippen LogP contribution in [0.2, 0.25) is 0 Å². The molecule has 0 radical (unpaired) electrons. The Labute approximate surface area is 107 Å². The van der Waals surface area contributed by atoms with Crippen molar-refractivity contribution in [2.24, 2.45) is 0 Å². The lowest BCUT2D eigenvalue weighted by molar-refractivity contribution is 0.109. The monoisotopic (exact) mass is 271 g/mol. The predicted molar refractivity (Wildman–Crippen MR) is 65.9 cm³/mol. The Morgan fingerprint density at radius 3 is 2.39 bits per heavy atom. The van der Waals surface area contributed by atoms with Gasteiger partial charge in [-0.15, -0.1) is 0 Å². The van der Waals surface area contributed by atoms with E-state index in [0.29, 0.717) is 6.29 Å². The molecular formula is C12H17NO4S. The van der Waals surface area contributed by atoms with E-state index < -0.39 is 10.0 Å². The van der Waals surface area contributed by atoms with Gasteiger partial charge in [-0.1, -0.05) is 25.7 Å². The van der Waals surface area contributed by atoms with E-state index in [1.807, 2.05) is 0 Å². The maximum atomic E-state index is 12.0. The number of aldehydes is 1. The fraction of sp³-hybridized carbons (Fsp3) is 0.583. The summed E-state index contributed by atoms with van der Waals surface area (Å²) in [5.74, 6) is 0.0243. The quantitative estimate of drug-likeness (QED) is 0.672. The first-order valence-electron chi connectivity index (χ1n) is 6.19. The number of nitrogens with one attached hydrogen (secondary N) is 1. The summed E-state index contributed by atoms with van der Waals surface area (Å²) >= 11 is 0. The summed E-state index contributed by atoms with van der Waals surface area (Å²) < 4.78 is 31.6. The van der Waals surface area contributed by atoms with Gasteiger partial charge in [0, 0.05) is 6.04 Å². The first kappa shape index (κ1) is 13.3. The highest BCUT2D eigenvalue weighted by atomic mass is 32.2. The molecule has 100 valence electrons. The second kappa shape index (κ2) is 5.67. The zero-order valence-electron chi connectivity index (χ0n) is 10.1. The van der Waals surface area contributed by atoms with Crippen LogP contribution in [0.25, 0.3) is 0 Å². The van der Waals surface area contributed by atoms with Gasteiger partial charge in [0.25, 0.3) is 10.0 Å². The molecular weight excluding hydrogens is 254 g/mol. The summed E-state index contributed by atoms with van der Waals surface area (Å²) in [6, 6.07) is 2.64. The molecule has 0 atom stereocenters. The van der Waals surface area contributed by atoms with Crippen LogP contribution in [0.3, 0.4) is 0 Å². The molecule has 1 aliphatic rings. The molecule has 2 rings (SSSR count). The molecule has 1 heterocycles. The summed E-state index contributed by atoms with van der Waals surface area (Å²) in [5, 5.41) is -0.186. The second-order valence-electron chi connectivity index (χ2n) is 4.58. The van der Waals surface area contributed by atoms with E-state index in [4.69, 9.17) is 4.42 Å². The van der Waals surface area contributed by atoms with Crippen LogP contribution in [0.4, 0.5) is 0 Å². The van der Waals surface area contributed by atoms with Crippen LogP contribution >= 0.6 is 0 Å². The topological polar surface area (TPSA) is 76.4 Å². The predicted octanol–water partition coefficient (Wildman–Crippen LogP) is 2.09. The normalized spacial score (nSPS) is 18.4. The maximum absolute atomic E-state index is 12.0. The molecule has 0 saturated heterocycles. The third-order valence-corrected chi connectivity index (χ3v) is 4.55. The Morgan fingerprint density at radius 1 is 1.17 bits per heavy atom. The van der Waals surface area contributed by atoms with Gasteiger partial charge in [-0.25, -0.2) is 13.1 Å². The molecule has 1 fully saturated rings. The number of sulfonamides is 1. The van der Waals surface area contributed by atoms with E-state index >= 15 is 0 Å². The molecule has 1 aromatic heterocycles. The minimum Gasteiger partial charge on any atom is -0.440 e. The third-order valence-electron chi connectivity index (χ3n) is 3.16. The minimum absolute atomic E-state index is 0.0243. The average molecular weight is 271 g/mol. The number of rotatable bonds is 4. The lowest BCUT2D eigenvalue weighted by Crippen LogP contribution is -2.34. The number of carbonyl (C=O) groups excluding carboxylic acids is 1. The molecule has 18 heavy (non-hydrogen) atoms. The Bertz CT molecular complexity index is 498. The Balaban J connectivity index is 2.08. The molecule has 1 aromatic rings. The molecule has 0 amide bonds. The highest BCUT2D eigenvalue weighted by molar-refractivity contribution is 7.89. The van der Waals surface area contributed by atoms with E-state index in [9.17, 15) is 13.2 Å². The summed E-state index contributed by atoms with van der Waals surface area (Å²) in [6.07, 6.45) is 6.63. The standard InChI is InChI=1S/C12H17NO4S/c14-9-11-7-8-12(17-11)18(15,16)13-10-5-3-1-2-4-6-10/h7-10,13H,1-6H2. The molecule has 0 unspecified atom stereocenters. The number of carbonyl (C=O) groups is 1. The summed E-state index contributed by atoms with van der Waals surface area (Å²) in [4.78, 5) is 10.5. The SMILES string of the molecule is O=Cc1ccc(S(=O)(=O)NC2CCCCCC2)o1. The average Bonchev–Trinajstić information content (AvgIpc) is 2.70. The lowest BCUT2D eigenvalue weighted by atomic mass is 10.1. The fourth-order valence-corrected chi connectivity index (χ4v) is 3.46. The van der Waals surface area contributed by atoms with Crippen molar-refractivity contribution in [1.29, 1.82) is 0 Å². The molecule has 5 nitrogen and oxygen atoms in total. The second-order valence-corrected chi connectivity index (χ2v) is 6.23. The summed E-state index contributed by atoms with van der Waals surface area (Å²) in [6.45, 7) is 0. The summed E-state index contributed by atoms with van der Waals surface area (Å²) in [7, 11) is -3.64. The smallest absolute Gasteiger partial charge is 0.274 e. The molecule has 6 heteroatoms. The van der Waals surface area contributed by atoms with E-state index in [1.165, 1.54) is 12.1 Å². The van der Waals surface area contributed by atoms with Gasteiger partial charge in [-0.3, -0.25) is 4.79 Å². The maximum Gasteiger partial charge on any atom is 0.274 e. The van der Waals surface area contributed by atoms with E-state index in [0.717, 1.165) is 38.5 Å². The molecule has 0 bridgehead atoms. The van der Waals surface area contributed by atoms with Gasteiger partial charge >= 0.3 is 0 Å². The van der Waals surface area contributed by atoms with Crippen LogP contribution < -0.4 is 4.72 Å². The lowest BCUT2D eigenvalue weighted by Gasteiger charge is -2.14. The first-order valence-corrected chi connectivity index (χ1v) is 7.67. The van der Waals surface area contributed by atoms with Crippen molar-refractivity contribution in [1.82, 2.24) is 4.72 Å². The first-order chi connectivity index (χ1) is 8.62. The minimum atomic E-state index is -3.64. The van der Waals surface area contributed by atoms with Gasteiger partial charge in [0.05, 0.1) is 0 Å². The highest BCUT2D eigenvalue weighted by Crippen LogP contribution is 2.20. The van der Waals surface area contributed by atoms with Gasteiger partial charge in [-0.2, -0.15) is 0 Å². The largest absolute Gasteiger partial charge is 0.440 e. The highest BCUT2D eigenvalue weighted by Gasteiger charge is 2.23. The van der Waals surface area contributed by atoms with Crippen LogP contribution in [-0.4, -0.2) is 20.7 Å². The Morgan fingerprint density at radius 2 is 1.83 bits per heavy atom. The van der Waals surface area contributed by atoms with Gasteiger partial charge < -0.3 is 4.42 Å². The van der Waals surface area contributed by atoms with E-state index in [-0.39, 0.29) is 16.9 Å². The van der Waals surface area contributed by atoms with Crippen LogP contribution in [0, 0.1) is 0 Å². The van der Waals surface area contributed by atoms with Gasteiger partial charge in [0.1, 0.15) is 0 Å².